The van der Waals surface area contributed by atoms with Crippen LogP contribution in [0.2, 0.25) is 0 Å². The van der Waals surface area contributed by atoms with Gasteiger partial charge in [-0.05, 0) is 65.0 Å². The Hall–Kier alpha value is -4.87. The van der Waals surface area contributed by atoms with Gasteiger partial charge in [0.1, 0.15) is 35.1 Å². The lowest BCUT2D eigenvalue weighted by molar-refractivity contribution is 0.0282. The second-order valence-electron chi connectivity index (χ2n) is 11.7. The van der Waals surface area contributed by atoms with E-state index in [9.17, 15) is 14.0 Å². The summed E-state index contributed by atoms with van der Waals surface area (Å²) in [5, 5.41) is 8.16. The summed E-state index contributed by atoms with van der Waals surface area (Å²) in [7, 11) is 3.56. The van der Waals surface area contributed by atoms with Crippen LogP contribution in [0.1, 0.15) is 56.2 Å². The SMILES string of the molecule is CC(C)N(C)c1cc2c(c(CN(C)C(=O)OC(C)(C)C)n1)CN(c1cccc(-c3nncn3-c3ccccc3F)n1)C2=O. The van der Waals surface area contributed by atoms with Crippen molar-refractivity contribution in [1.82, 2.24) is 29.6 Å². The third-order valence-electron chi connectivity index (χ3n) is 7.12. The number of para-hydroxylation sites is 1. The molecule has 5 rings (SSSR count). The van der Waals surface area contributed by atoms with Crippen LogP contribution in [0.25, 0.3) is 17.2 Å². The van der Waals surface area contributed by atoms with Gasteiger partial charge in [-0.3, -0.25) is 14.3 Å². The Bertz CT molecular complexity index is 1680. The van der Waals surface area contributed by atoms with E-state index in [4.69, 9.17) is 14.7 Å². The maximum atomic E-state index is 14.6. The van der Waals surface area contributed by atoms with E-state index in [1.165, 1.54) is 21.9 Å². The first-order chi connectivity index (χ1) is 20.3. The summed E-state index contributed by atoms with van der Waals surface area (Å²) in [5.74, 6) is 0.683. The number of rotatable bonds is 7. The highest BCUT2D eigenvalue weighted by atomic mass is 19.1. The third-order valence-corrected chi connectivity index (χ3v) is 7.12. The Morgan fingerprint density at radius 3 is 2.53 bits per heavy atom. The Morgan fingerprint density at radius 1 is 1.09 bits per heavy atom. The topological polar surface area (TPSA) is 110 Å². The predicted molar refractivity (Wildman–Crippen MR) is 161 cm³/mol. The van der Waals surface area contributed by atoms with Gasteiger partial charge in [0, 0.05) is 25.7 Å². The van der Waals surface area contributed by atoms with Crippen LogP contribution >= 0.6 is 0 Å². The van der Waals surface area contributed by atoms with Crippen molar-refractivity contribution in [2.24, 2.45) is 0 Å². The standard InChI is InChI=1S/C31H35FN8O3/c1-19(2)38(7)27-15-20-21(24(35-27)17-37(6)30(42)43-31(3,4)5)16-39(29(20)41)26-14-10-12-23(34-26)28-36-33-18-40(28)25-13-9-8-11-22(25)32/h8-15,18-19H,16-17H2,1-7H3. The predicted octanol–water partition coefficient (Wildman–Crippen LogP) is 5.24. The van der Waals surface area contributed by atoms with Gasteiger partial charge in [0.05, 0.1) is 30.0 Å². The van der Waals surface area contributed by atoms with Crippen molar-refractivity contribution < 1.29 is 18.7 Å². The largest absolute Gasteiger partial charge is 0.444 e. The fourth-order valence-corrected chi connectivity index (χ4v) is 4.67. The summed E-state index contributed by atoms with van der Waals surface area (Å²) < 4.78 is 21.6. The first-order valence-corrected chi connectivity index (χ1v) is 14.0. The fourth-order valence-electron chi connectivity index (χ4n) is 4.67. The lowest BCUT2D eigenvalue weighted by Gasteiger charge is -2.26. The van der Waals surface area contributed by atoms with E-state index >= 15 is 0 Å². The van der Waals surface area contributed by atoms with E-state index in [1.54, 1.807) is 54.4 Å². The number of fused-ring (bicyclic) bond motifs is 1. The van der Waals surface area contributed by atoms with Crippen molar-refractivity contribution in [3.8, 4) is 17.2 Å². The summed E-state index contributed by atoms with van der Waals surface area (Å²) in [6, 6.07) is 13.5. The van der Waals surface area contributed by atoms with Gasteiger partial charge in [0.25, 0.3) is 5.91 Å². The molecule has 224 valence electrons. The number of hydrogen-bond acceptors (Lipinski definition) is 8. The minimum atomic E-state index is -0.652. The van der Waals surface area contributed by atoms with Crippen LogP contribution in [-0.2, 0) is 17.8 Å². The normalized spacial score (nSPS) is 13.0. The molecule has 4 heterocycles. The van der Waals surface area contributed by atoms with Crippen LogP contribution in [0.3, 0.4) is 0 Å². The van der Waals surface area contributed by atoms with Crippen LogP contribution in [0.5, 0.6) is 0 Å². The molecule has 0 bridgehead atoms. The van der Waals surface area contributed by atoms with Crippen molar-refractivity contribution in [3.63, 3.8) is 0 Å². The molecule has 0 fully saturated rings. The molecule has 0 atom stereocenters. The summed E-state index contributed by atoms with van der Waals surface area (Å²) in [6.45, 7) is 9.85. The third kappa shape index (κ3) is 6.04. The van der Waals surface area contributed by atoms with Gasteiger partial charge >= 0.3 is 6.09 Å². The van der Waals surface area contributed by atoms with Gasteiger partial charge in [-0.25, -0.2) is 19.2 Å². The fraction of sp³-hybridized carbons (Fsp3) is 0.355. The Kier molecular flexibility index (Phi) is 7.87. The lowest BCUT2D eigenvalue weighted by Crippen LogP contribution is -2.34. The van der Waals surface area contributed by atoms with E-state index in [-0.39, 0.29) is 30.7 Å². The first kappa shape index (κ1) is 29.6. The maximum absolute atomic E-state index is 14.6. The Balaban J connectivity index is 1.50. The second kappa shape index (κ2) is 11.4. The van der Waals surface area contributed by atoms with E-state index in [0.717, 1.165) is 0 Å². The second-order valence-corrected chi connectivity index (χ2v) is 11.7. The lowest BCUT2D eigenvalue weighted by atomic mass is 10.1. The number of halogens is 1. The van der Waals surface area contributed by atoms with E-state index in [0.29, 0.717) is 40.0 Å². The molecule has 0 N–H and O–H groups in total. The molecular formula is C31H35FN8O3. The molecule has 43 heavy (non-hydrogen) atoms. The molecule has 1 aromatic carbocycles. The minimum Gasteiger partial charge on any atom is -0.444 e. The molecule has 0 saturated carbocycles. The van der Waals surface area contributed by atoms with E-state index in [1.807, 2.05) is 46.6 Å². The number of anilines is 2. The van der Waals surface area contributed by atoms with Crippen molar-refractivity contribution in [2.75, 3.05) is 23.9 Å². The smallest absolute Gasteiger partial charge is 0.410 e. The highest BCUT2D eigenvalue weighted by Crippen LogP contribution is 2.33. The number of carbonyl (C=O) groups excluding carboxylic acids is 2. The molecular weight excluding hydrogens is 551 g/mol. The van der Waals surface area contributed by atoms with Crippen molar-refractivity contribution >= 4 is 23.6 Å². The van der Waals surface area contributed by atoms with Crippen LogP contribution in [0.4, 0.5) is 20.8 Å². The number of amides is 2. The molecule has 3 aromatic heterocycles. The van der Waals surface area contributed by atoms with E-state index in [2.05, 4.69) is 10.2 Å². The van der Waals surface area contributed by atoms with Crippen LogP contribution < -0.4 is 9.80 Å². The van der Waals surface area contributed by atoms with Crippen LogP contribution in [0, 0.1) is 5.82 Å². The van der Waals surface area contributed by atoms with Gasteiger partial charge in [0.2, 0.25) is 0 Å². The molecule has 12 heteroatoms. The quantitative estimate of drug-likeness (QED) is 0.289. The number of ether oxygens (including phenoxy) is 1. The number of carbonyl (C=O) groups is 2. The van der Waals surface area contributed by atoms with Crippen LogP contribution in [0.15, 0.2) is 54.9 Å². The monoisotopic (exact) mass is 586 g/mol. The molecule has 0 saturated heterocycles. The Morgan fingerprint density at radius 2 is 1.84 bits per heavy atom. The highest BCUT2D eigenvalue weighted by Gasteiger charge is 2.34. The van der Waals surface area contributed by atoms with Gasteiger partial charge in [0.15, 0.2) is 5.82 Å². The van der Waals surface area contributed by atoms with Gasteiger partial charge in [-0.15, -0.1) is 10.2 Å². The average Bonchev–Trinajstić information content (AvgIpc) is 3.57. The van der Waals surface area contributed by atoms with Crippen molar-refractivity contribution in [3.05, 3.63) is 77.5 Å². The summed E-state index contributed by atoms with van der Waals surface area (Å²) in [5.41, 5.74) is 1.85. The molecule has 0 unspecified atom stereocenters. The maximum Gasteiger partial charge on any atom is 0.410 e. The molecule has 0 radical (unpaired) electrons. The summed E-state index contributed by atoms with van der Waals surface area (Å²) in [4.78, 5) is 41.3. The zero-order valence-corrected chi connectivity index (χ0v) is 25.4. The molecule has 11 nitrogen and oxygen atoms in total. The Labute approximate surface area is 249 Å². The van der Waals surface area contributed by atoms with Crippen LogP contribution in [-0.4, -0.2) is 67.4 Å². The molecule has 4 aromatic rings. The van der Waals surface area contributed by atoms with Gasteiger partial charge in [-0.1, -0.05) is 18.2 Å². The minimum absolute atomic E-state index is 0.125. The molecule has 1 aliphatic heterocycles. The number of nitrogens with zero attached hydrogens (tertiary/aromatic N) is 8. The molecule has 1 aliphatic rings. The number of hydrogen-bond donors (Lipinski definition) is 0. The summed E-state index contributed by atoms with van der Waals surface area (Å²) >= 11 is 0. The van der Waals surface area contributed by atoms with Gasteiger partial charge < -0.3 is 14.5 Å². The highest BCUT2D eigenvalue weighted by molar-refractivity contribution is 6.10. The number of benzene rings is 1. The van der Waals surface area contributed by atoms with Crippen molar-refractivity contribution in [2.45, 2.75) is 59.4 Å². The molecule has 0 aliphatic carbocycles. The zero-order chi connectivity index (χ0) is 31.1. The number of aromatic nitrogens is 5. The number of pyridine rings is 2. The zero-order valence-electron chi connectivity index (χ0n) is 25.4. The average molecular weight is 587 g/mol. The molecule has 0 spiro atoms. The first-order valence-electron chi connectivity index (χ1n) is 14.0. The van der Waals surface area contributed by atoms with Gasteiger partial charge in [-0.2, -0.15) is 0 Å². The van der Waals surface area contributed by atoms with E-state index < -0.39 is 17.5 Å². The van der Waals surface area contributed by atoms with Crippen molar-refractivity contribution in [1.29, 1.82) is 0 Å². The summed E-state index contributed by atoms with van der Waals surface area (Å²) in [6.07, 6.45) is 0.936. The molecule has 2 amide bonds.